The predicted molar refractivity (Wildman–Crippen MR) is 76.7 cm³/mol. The molecule has 0 heterocycles. The normalized spacial score (nSPS) is 10.4. The summed E-state index contributed by atoms with van der Waals surface area (Å²) in [5.74, 6) is 0. The van der Waals surface area contributed by atoms with Crippen LogP contribution in [0.5, 0.6) is 0 Å². The third-order valence-electron chi connectivity index (χ3n) is 1.46. The average Bonchev–Trinajstić information content (AvgIpc) is 2.07. The van der Waals surface area contributed by atoms with Gasteiger partial charge in [-0.3, -0.25) is 0 Å². The molecular formula is C7H22O6P2S2Zn. The summed E-state index contributed by atoms with van der Waals surface area (Å²) in [4.78, 5) is 45.3. The van der Waals surface area contributed by atoms with Crippen LogP contribution in [-0.4, -0.2) is 29.4 Å². The molecule has 0 bridgehead atoms. The summed E-state index contributed by atoms with van der Waals surface area (Å²) >= 11 is 7.25. The molecule has 0 atom stereocenters. The Morgan fingerprint density at radius 3 is 1.39 bits per heavy atom. The van der Waals surface area contributed by atoms with Gasteiger partial charge in [0.1, 0.15) is 0 Å². The summed E-state index contributed by atoms with van der Waals surface area (Å²) in [6.07, 6.45) is 4.40. The van der Waals surface area contributed by atoms with Gasteiger partial charge in [-0.1, -0.05) is 0 Å². The molecule has 110 valence electrons. The maximum atomic E-state index is 7.56. The van der Waals surface area contributed by atoms with Crippen LogP contribution >= 0.6 is 13.4 Å². The first-order valence-corrected chi connectivity index (χ1v) is 15.0. The SMILES string of the molecule is CCCC[CH2][Zn][CH2]C.OP(O)(O)=S.OP(O)(O)=S. The minimum absolute atomic E-state index is 0.0412. The molecule has 0 saturated carbocycles. The molecule has 0 radical (unpaired) electrons. The first kappa shape index (κ1) is 24.7. The van der Waals surface area contributed by atoms with E-state index in [9.17, 15) is 0 Å². The standard InChI is InChI=1S/C5H11.C2H5.2H3O3PS.Zn/c1-3-5-4-2;1-2;2*1-4(2,3)5;/h1,3-5H2,2H3;1H2,2H3;2*(H3,1,2,3,5);. The van der Waals surface area contributed by atoms with Crippen LogP contribution in [0.3, 0.4) is 0 Å². The molecule has 6 nitrogen and oxygen atoms in total. The fraction of sp³-hybridized carbons (Fsp3) is 1.00. The summed E-state index contributed by atoms with van der Waals surface area (Å²) in [5.41, 5.74) is 0. The van der Waals surface area contributed by atoms with Crippen molar-refractivity contribution in [3.05, 3.63) is 0 Å². The van der Waals surface area contributed by atoms with Gasteiger partial charge in [0.25, 0.3) is 0 Å². The zero-order valence-corrected chi connectivity index (χ0v) is 17.0. The van der Waals surface area contributed by atoms with Gasteiger partial charge in [-0.05, 0) is 23.6 Å². The van der Waals surface area contributed by atoms with E-state index in [1.165, 1.54) is 19.3 Å². The molecule has 6 N–H and O–H groups in total. The Hall–Kier alpha value is 1.68. The van der Waals surface area contributed by atoms with Crippen LogP contribution in [0.4, 0.5) is 0 Å². The Kier molecular flexibility index (Phi) is 20.7. The predicted octanol–water partition coefficient (Wildman–Crippen LogP) is 1.49. The van der Waals surface area contributed by atoms with Crippen molar-refractivity contribution >= 4 is 37.1 Å². The molecule has 0 aliphatic heterocycles. The largest absolute Gasteiger partial charge is 0.325 e. The van der Waals surface area contributed by atoms with E-state index >= 15 is 0 Å². The smallest absolute Gasteiger partial charge is 0.319 e. The first-order chi connectivity index (χ1) is 7.91. The fourth-order valence-corrected chi connectivity index (χ4v) is 3.39. The van der Waals surface area contributed by atoms with Crippen LogP contribution in [0.2, 0.25) is 10.0 Å². The van der Waals surface area contributed by atoms with Crippen LogP contribution in [-0.2, 0) is 40.7 Å². The van der Waals surface area contributed by atoms with Gasteiger partial charge in [-0.25, -0.2) is 0 Å². The minimum atomic E-state index is -3.81. The first-order valence-electron chi connectivity index (χ1n) is 5.48. The van der Waals surface area contributed by atoms with E-state index in [1.807, 2.05) is 0 Å². The Balaban J connectivity index is -0.000000197. The van der Waals surface area contributed by atoms with Crippen LogP contribution in [0.1, 0.15) is 33.1 Å². The fourth-order valence-electron chi connectivity index (χ4n) is 0.854. The van der Waals surface area contributed by atoms with Gasteiger partial charge < -0.3 is 29.4 Å². The zero-order valence-electron chi connectivity index (χ0n) is 10.6. The van der Waals surface area contributed by atoms with Crippen molar-refractivity contribution in [2.24, 2.45) is 0 Å². The quantitative estimate of drug-likeness (QED) is 0.236. The van der Waals surface area contributed by atoms with Crippen molar-refractivity contribution in [1.82, 2.24) is 0 Å². The molecule has 0 rings (SSSR count). The third-order valence-corrected chi connectivity index (χ3v) is 5.04. The topological polar surface area (TPSA) is 121 Å². The molecule has 0 aliphatic carbocycles. The number of hydrogen-bond acceptors (Lipinski definition) is 2. The van der Waals surface area contributed by atoms with Crippen LogP contribution in [0.15, 0.2) is 0 Å². The number of rotatable bonds is 5. The average molecular weight is 394 g/mol. The van der Waals surface area contributed by atoms with E-state index < -0.39 is 13.4 Å². The maximum absolute atomic E-state index is 7.56. The van der Waals surface area contributed by atoms with Crippen molar-refractivity contribution in [2.75, 3.05) is 0 Å². The van der Waals surface area contributed by atoms with Crippen molar-refractivity contribution in [3.8, 4) is 0 Å². The molecule has 0 aromatic heterocycles. The van der Waals surface area contributed by atoms with Gasteiger partial charge in [-0.15, -0.1) is 0 Å². The van der Waals surface area contributed by atoms with Gasteiger partial charge in [0.05, 0.1) is 0 Å². The number of hydrogen-bond donors (Lipinski definition) is 6. The second-order valence-electron chi connectivity index (χ2n) is 3.44. The molecule has 0 spiro atoms. The summed E-state index contributed by atoms with van der Waals surface area (Å²) in [6, 6.07) is 0. The molecule has 0 saturated heterocycles. The van der Waals surface area contributed by atoms with Crippen molar-refractivity contribution < 1.29 is 46.5 Å². The van der Waals surface area contributed by atoms with E-state index in [0.29, 0.717) is 0 Å². The van der Waals surface area contributed by atoms with Crippen molar-refractivity contribution in [3.63, 3.8) is 0 Å². The molecule has 0 unspecified atom stereocenters. The maximum Gasteiger partial charge on any atom is 0.319 e. The summed E-state index contributed by atoms with van der Waals surface area (Å²) < 4.78 is 0. The molecule has 0 aliphatic rings. The van der Waals surface area contributed by atoms with Crippen LogP contribution in [0, 0.1) is 0 Å². The van der Waals surface area contributed by atoms with Crippen molar-refractivity contribution in [2.45, 2.75) is 43.1 Å². The Morgan fingerprint density at radius 1 is 0.833 bits per heavy atom. The molecule has 0 fully saturated rings. The van der Waals surface area contributed by atoms with E-state index in [-0.39, 0.29) is 17.1 Å². The van der Waals surface area contributed by atoms with E-state index in [2.05, 4.69) is 37.5 Å². The second-order valence-corrected chi connectivity index (χ2v) is 13.5. The molecule has 0 aromatic carbocycles. The summed E-state index contributed by atoms with van der Waals surface area (Å²) in [7, 11) is 0. The Bertz CT molecular complexity index is 214. The molecule has 18 heavy (non-hydrogen) atoms. The summed E-state index contributed by atoms with van der Waals surface area (Å²) in [5, 5.41) is 3.19. The number of unbranched alkanes of at least 4 members (excludes halogenated alkanes) is 2. The third kappa shape index (κ3) is 110. The van der Waals surface area contributed by atoms with Gasteiger partial charge in [0, 0.05) is 0 Å². The van der Waals surface area contributed by atoms with Gasteiger partial charge in [0.15, 0.2) is 0 Å². The minimum Gasteiger partial charge on any atom is -0.325 e. The molecule has 0 aromatic rings. The molecule has 11 heteroatoms. The van der Waals surface area contributed by atoms with Gasteiger partial charge in [0.2, 0.25) is 0 Å². The van der Waals surface area contributed by atoms with E-state index in [0.717, 1.165) is 0 Å². The van der Waals surface area contributed by atoms with E-state index in [4.69, 9.17) is 29.4 Å². The van der Waals surface area contributed by atoms with Gasteiger partial charge in [-0.2, -0.15) is 0 Å². The van der Waals surface area contributed by atoms with Crippen LogP contribution in [0.25, 0.3) is 0 Å². The Labute approximate surface area is 126 Å². The molecule has 0 amide bonds. The van der Waals surface area contributed by atoms with E-state index in [1.54, 1.807) is 10.0 Å². The molecular weight excluding hydrogens is 372 g/mol. The Morgan fingerprint density at radius 2 is 1.17 bits per heavy atom. The monoisotopic (exact) mass is 392 g/mol. The second kappa shape index (κ2) is 15.1. The summed E-state index contributed by atoms with van der Waals surface area (Å²) in [6.45, 7) is -3.00. The van der Waals surface area contributed by atoms with Crippen LogP contribution < -0.4 is 0 Å². The van der Waals surface area contributed by atoms with Gasteiger partial charge >= 0.3 is 73.7 Å². The zero-order chi connectivity index (χ0) is 15.2. The van der Waals surface area contributed by atoms with Crippen molar-refractivity contribution in [1.29, 1.82) is 0 Å².